The van der Waals surface area contributed by atoms with Crippen molar-refractivity contribution < 1.29 is 14.6 Å². The molecule has 1 atom stereocenters. The van der Waals surface area contributed by atoms with Crippen molar-refractivity contribution >= 4 is 17.7 Å². The molecule has 1 aromatic rings. The molecule has 0 unspecified atom stereocenters. The number of methoxy groups -OCH3 is 1. The highest BCUT2D eigenvalue weighted by molar-refractivity contribution is 7.98. The molecule has 0 saturated heterocycles. The molecule has 0 saturated carbocycles. The molecule has 0 spiro atoms. The van der Waals surface area contributed by atoms with Crippen molar-refractivity contribution in [3.8, 4) is 5.88 Å². The lowest BCUT2D eigenvalue weighted by atomic mass is 10.4. The van der Waals surface area contributed by atoms with Gasteiger partial charge in [0.05, 0.1) is 12.8 Å². The van der Waals surface area contributed by atoms with E-state index in [1.54, 1.807) is 13.2 Å². The van der Waals surface area contributed by atoms with Crippen LogP contribution in [0.4, 0.5) is 0 Å². The average molecular weight is 242 g/mol. The molecule has 0 aromatic carbocycles. The Morgan fingerprint density at radius 1 is 1.69 bits per heavy atom. The molecule has 0 aliphatic rings. The van der Waals surface area contributed by atoms with Crippen LogP contribution in [0.2, 0.25) is 0 Å². The van der Waals surface area contributed by atoms with E-state index in [9.17, 15) is 4.79 Å². The van der Waals surface area contributed by atoms with Crippen molar-refractivity contribution in [2.45, 2.75) is 11.8 Å². The molecule has 1 aromatic heterocycles. The van der Waals surface area contributed by atoms with Gasteiger partial charge in [-0.15, -0.1) is 0 Å². The van der Waals surface area contributed by atoms with E-state index in [-0.39, 0.29) is 0 Å². The summed E-state index contributed by atoms with van der Waals surface area (Å²) in [4.78, 5) is 14.7. The molecule has 1 rings (SSSR count). The van der Waals surface area contributed by atoms with Crippen LogP contribution in [0.3, 0.4) is 0 Å². The normalized spacial score (nSPS) is 12.1. The van der Waals surface area contributed by atoms with Gasteiger partial charge >= 0.3 is 5.97 Å². The quantitative estimate of drug-likeness (QED) is 0.765. The molecule has 3 N–H and O–H groups in total. The van der Waals surface area contributed by atoms with Gasteiger partial charge in [-0.25, -0.2) is 4.98 Å². The number of carboxylic acid groups (broad SMARTS) is 1. The third-order valence-electron chi connectivity index (χ3n) is 1.85. The lowest BCUT2D eigenvalue weighted by molar-refractivity contribution is -0.137. The topological polar surface area (TPSA) is 85.4 Å². The van der Waals surface area contributed by atoms with Gasteiger partial charge in [0.25, 0.3) is 0 Å². The number of rotatable bonds is 6. The van der Waals surface area contributed by atoms with E-state index in [1.165, 1.54) is 11.8 Å². The summed E-state index contributed by atoms with van der Waals surface area (Å²) >= 11 is 1.44. The zero-order valence-electron chi connectivity index (χ0n) is 8.92. The van der Waals surface area contributed by atoms with E-state index in [0.29, 0.717) is 17.4 Å². The second-order valence-corrected chi connectivity index (χ2v) is 4.16. The smallest absolute Gasteiger partial charge is 0.321 e. The lowest BCUT2D eigenvalue weighted by Gasteiger charge is -2.06. The Labute approximate surface area is 98.0 Å². The molecule has 0 aliphatic carbocycles. The number of carbonyl (C=O) groups is 1. The van der Waals surface area contributed by atoms with Gasteiger partial charge in [-0.1, -0.05) is 6.07 Å². The fourth-order valence-electron chi connectivity index (χ4n) is 1.01. The first-order valence-corrected chi connectivity index (χ1v) is 5.85. The van der Waals surface area contributed by atoms with Crippen LogP contribution in [0.25, 0.3) is 0 Å². The Bertz CT molecular complexity index is 360. The lowest BCUT2D eigenvalue weighted by Crippen LogP contribution is -2.32. The Morgan fingerprint density at radius 2 is 2.44 bits per heavy atom. The summed E-state index contributed by atoms with van der Waals surface area (Å²) in [6.45, 7) is 0. The minimum Gasteiger partial charge on any atom is -0.481 e. The Morgan fingerprint density at radius 3 is 3.06 bits per heavy atom. The maximum absolute atomic E-state index is 10.5. The van der Waals surface area contributed by atoms with Crippen LogP contribution < -0.4 is 10.5 Å². The zero-order valence-corrected chi connectivity index (χ0v) is 9.74. The molecular formula is C10H14N2O3S. The van der Waals surface area contributed by atoms with Crippen molar-refractivity contribution in [3.63, 3.8) is 0 Å². The van der Waals surface area contributed by atoms with Gasteiger partial charge in [-0.3, -0.25) is 4.79 Å². The number of thioether (sulfide) groups is 1. The predicted molar refractivity (Wildman–Crippen MR) is 62.6 cm³/mol. The Balaban J connectivity index is 2.39. The third-order valence-corrected chi connectivity index (χ3v) is 2.95. The molecule has 0 aliphatic heterocycles. The fourth-order valence-corrected chi connectivity index (χ4v) is 1.90. The standard InChI is InChI=1S/C10H14N2O3S/c1-15-9-4-2-3-7(12-9)5-16-6-8(11)10(13)14/h2-4,8H,5-6,11H2,1H3,(H,13,14)/t8-/m1/s1. The number of nitrogens with zero attached hydrogens (tertiary/aromatic N) is 1. The molecule has 1 heterocycles. The molecule has 6 heteroatoms. The average Bonchev–Trinajstić information content (AvgIpc) is 2.29. The summed E-state index contributed by atoms with van der Waals surface area (Å²) in [5.41, 5.74) is 6.22. The molecule has 0 bridgehead atoms. The van der Waals surface area contributed by atoms with Crippen LogP contribution in [0, 0.1) is 0 Å². The first-order valence-electron chi connectivity index (χ1n) is 4.69. The maximum Gasteiger partial charge on any atom is 0.321 e. The minimum absolute atomic E-state index is 0.369. The van der Waals surface area contributed by atoms with E-state index in [2.05, 4.69) is 4.98 Å². The van der Waals surface area contributed by atoms with Gasteiger partial charge in [0, 0.05) is 17.6 Å². The third kappa shape index (κ3) is 4.08. The summed E-state index contributed by atoms with van der Waals surface area (Å²) in [6, 6.07) is 4.65. The van der Waals surface area contributed by atoms with Crippen molar-refractivity contribution in [2.24, 2.45) is 5.73 Å². The highest BCUT2D eigenvalue weighted by Gasteiger charge is 2.11. The highest BCUT2D eigenvalue weighted by Crippen LogP contribution is 2.14. The highest BCUT2D eigenvalue weighted by atomic mass is 32.2. The van der Waals surface area contributed by atoms with Crippen molar-refractivity contribution in [1.82, 2.24) is 4.98 Å². The first-order chi connectivity index (χ1) is 7.63. The van der Waals surface area contributed by atoms with Crippen LogP contribution in [-0.2, 0) is 10.5 Å². The molecule has 0 fully saturated rings. The van der Waals surface area contributed by atoms with E-state index in [4.69, 9.17) is 15.6 Å². The number of hydrogen-bond donors (Lipinski definition) is 2. The van der Waals surface area contributed by atoms with Gasteiger partial charge in [-0.05, 0) is 6.07 Å². The van der Waals surface area contributed by atoms with Crippen LogP contribution in [0.1, 0.15) is 5.69 Å². The van der Waals surface area contributed by atoms with Crippen LogP contribution in [0.15, 0.2) is 18.2 Å². The molecule has 16 heavy (non-hydrogen) atoms. The SMILES string of the molecule is COc1cccc(CSC[C@@H](N)C(=O)O)n1. The van der Waals surface area contributed by atoms with E-state index in [0.717, 1.165) is 5.69 Å². The van der Waals surface area contributed by atoms with Gasteiger partial charge in [-0.2, -0.15) is 11.8 Å². The second kappa shape index (κ2) is 6.34. The summed E-state index contributed by atoms with van der Waals surface area (Å²) in [5.74, 6) is 0.568. The number of nitrogens with two attached hydrogens (primary N) is 1. The van der Waals surface area contributed by atoms with Crippen molar-refractivity contribution in [2.75, 3.05) is 12.9 Å². The second-order valence-electron chi connectivity index (χ2n) is 3.13. The van der Waals surface area contributed by atoms with E-state index < -0.39 is 12.0 Å². The van der Waals surface area contributed by atoms with Gasteiger partial charge in [0.2, 0.25) is 5.88 Å². The number of carboxylic acids is 1. The van der Waals surface area contributed by atoms with Crippen LogP contribution in [0.5, 0.6) is 5.88 Å². The molecule has 5 nitrogen and oxygen atoms in total. The molecule has 0 radical (unpaired) electrons. The maximum atomic E-state index is 10.5. The summed E-state index contributed by atoms with van der Waals surface area (Å²) in [5, 5.41) is 8.59. The van der Waals surface area contributed by atoms with Gasteiger partial charge in [0.1, 0.15) is 6.04 Å². The monoisotopic (exact) mass is 242 g/mol. The van der Waals surface area contributed by atoms with Crippen molar-refractivity contribution in [1.29, 1.82) is 0 Å². The molecule has 0 amide bonds. The van der Waals surface area contributed by atoms with E-state index in [1.807, 2.05) is 12.1 Å². The summed E-state index contributed by atoms with van der Waals surface area (Å²) < 4.78 is 4.98. The van der Waals surface area contributed by atoms with Crippen LogP contribution >= 0.6 is 11.8 Å². The number of aliphatic carboxylic acids is 1. The fraction of sp³-hybridized carbons (Fsp3) is 0.400. The Kier molecular flexibility index (Phi) is 5.07. The number of hydrogen-bond acceptors (Lipinski definition) is 5. The number of aromatic nitrogens is 1. The zero-order chi connectivity index (χ0) is 12.0. The largest absolute Gasteiger partial charge is 0.481 e. The number of pyridine rings is 1. The summed E-state index contributed by atoms with van der Waals surface area (Å²) in [7, 11) is 1.56. The predicted octanol–water partition coefficient (Wildman–Crippen LogP) is 0.735. The first kappa shape index (κ1) is 12.8. The van der Waals surface area contributed by atoms with Gasteiger partial charge in [0.15, 0.2) is 0 Å². The van der Waals surface area contributed by atoms with Gasteiger partial charge < -0.3 is 15.6 Å². The molecular weight excluding hydrogens is 228 g/mol. The van der Waals surface area contributed by atoms with Crippen molar-refractivity contribution in [3.05, 3.63) is 23.9 Å². The van der Waals surface area contributed by atoms with E-state index >= 15 is 0 Å². The Hall–Kier alpha value is -1.27. The minimum atomic E-state index is -0.980. The number of ether oxygens (including phenoxy) is 1. The molecule has 88 valence electrons. The van der Waals surface area contributed by atoms with Crippen LogP contribution in [-0.4, -0.2) is 35.0 Å². The summed E-state index contributed by atoms with van der Waals surface area (Å²) in [6.07, 6.45) is 0.